The lowest BCUT2D eigenvalue weighted by Gasteiger charge is -2.38. The van der Waals surface area contributed by atoms with E-state index < -0.39 is 6.16 Å². The first kappa shape index (κ1) is 12.3. The molecule has 0 radical (unpaired) electrons. The Morgan fingerprint density at radius 3 is 1.46 bits per heavy atom. The van der Waals surface area contributed by atoms with Crippen molar-refractivity contribution in [2.24, 2.45) is 10.8 Å². The number of carbonyl (C=O) groups is 1. The Hall–Kier alpha value is -0.730. The topological polar surface area (TPSA) is 46.5 Å². The monoisotopic (exact) mass is 188 g/mol. The maximum absolute atomic E-state index is 10.5. The summed E-state index contributed by atoms with van der Waals surface area (Å²) in [7, 11) is 0. The van der Waals surface area contributed by atoms with Crippen LogP contribution in [0.1, 0.15) is 41.5 Å². The van der Waals surface area contributed by atoms with Crippen LogP contribution >= 0.6 is 0 Å². The molecular weight excluding hydrogens is 168 g/mol. The predicted molar refractivity (Wildman–Crippen MR) is 51.8 cm³/mol. The van der Waals surface area contributed by atoms with Crippen molar-refractivity contribution < 1.29 is 14.6 Å². The molecule has 0 rings (SSSR count). The van der Waals surface area contributed by atoms with E-state index in [2.05, 4.69) is 0 Å². The van der Waals surface area contributed by atoms with Crippen LogP contribution in [0, 0.1) is 10.8 Å². The highest BCUT2D eigenvalue weighted by molar-refractivity contribution is 5.57. The second kappa shape index (κ2) is 3.56. The molecule has 0 amide bonds. The maximum atomic E-state index is 10.5. The van der Waals surface area contributed by atoms with Gasteiger partial charge in [-0.05, 0) is 10.8 Å². The third-order valence-electron chi connectivity index (χ3n) is 1.79. The van der Waals surface area contributed by atoms with E-state index in [1.807, 2.05) is 41.5 Å². The van der Waals surface area contributed by atoms with Gasteiger partial charge in [0.25, 0.3) is 0 Å². The number of ether oxygens (including phenoxy) is 1. The summed E-state index contributed by atoms with van der Waals surface area (Å²) in [5.41, 5.74) is -0.340. The molecular formula is C10H20O3. The van der Waals surface area contributed by atoms with E-state index in [-0.39, 0.29) is 16.9 Å². The zero-order chi connectivity index (χ0) is 10.9. The lowest BCUT2D eigenvalue weighted by Crippen LogP contribution is -2.41. The first-order chi connectivity index (χ1) is 5.55. The summed E-state index contributed by atoms with van der Waals surface area (Å²) in [6, 6.07) is 0. The summed E-state index contributed by atoms with van der Waals surface area (Å²) >= 11 is 0. The van der Waals surface area contributed by atoms with Gasteiger partial charge in [0.1, 0.15) is 6.10 Å². The van der Waals surface area contributed by atoms with E-state index in [1.54, 1.807) is 0 Å². The van der Waals surface area contributed by atoms with Crippen LogP contribution in [0.5, 0.6) is 0 Å². The number of carboxylic acid groups (broad SMARTS) is 1. The highest BCUT2D eigenvalue weighted by Crippen LogP contribution is 2.35. The molecule has 0 aromatic carbocycles. The average Bonchev–Trinajstić information content (AvgIpc) is 1.77. The fraction of sp³-hybridized carbons (Fsp3) is 0.900. The molecule has 0 heterocycles. The first-order valence-corrected chi connectivity index (χ1v) is 4.44. The van der Waals surface area contributed by atoms with Gasteiger partial charge in [-0.25, -0.2) is 4.79 Å². The van der Waals surface area contributed by atoms with E-state index >= 15 is 0 Å². The van der Waals surface area contributed by atoms with Gasteiger partial charge < -0.3 is 9.84 Å². The molecule has 3 nitrogen and oxygen atoms in total. The molecule has 0 aliphatic heterocycles. The van der Waals surface area contributed by atoms with Crippen molar-refractivity contribution >= 4 is 6.16 Å². The van der Waals surface area contributed by atoms with E-state index in [4.69, 9.17) is 9.84 Å². The summed E-state index contributed by atoms with van der Waals surface area (Å²) in [6.45, 7) is 11.9. The zero-order valence-corrected chi connectivity index (χ0v) is 9.34. The van der Waals surface area contributed by atoms with E-state index in [0.717, 1.165) is 0 Å². The van der Waals surface area contributed by atoms with E-state index in [9.17, 15) is 4.79 Å². The van der Waals surface area contributed by atoms with Crippen LogP contribution in [0.15, 0.2) is 0 Å². The molecule has 13 heavy (non-hydrogen) atoms. The molecule has 0 aromatic rings. The quantitative estimate of drug-likeness (QED) is 0.643. The standard InChI is InChI=1S/C10H20O3/c1-9(2,3)7(10(4,5)6)13-8(11)12/h7H,1-6H3,(H,11,12). The van der Waals surface area contributed by atoms with E-state index in [1.165, 1.54) is 0 Å². The average molecular weight is 188 g/mol. The third kappa shape index (κ3) is 4.15. The Kier molecular flexibility index (Phi) is 3.36. The predicted octanol–water partition coefficient (Wildman–Crippen LogP) is 3.14. The SMILES string of the molecule is CC(C)(C)C(OC(=O)O)C(C)(C)C. The molecule has 0 aliphatic carbocycles. The fourth-order valence-corrected chi connectivity index (χ4v) is 1.75. The minimum atomic E-state index is -1.20. The summed E-state index contributed by atoms with van der Waals surface area (Å²) in [5, 5.41) is 8.59. The summed E-state index contributed by atoms with van der Waals surface area (Å²) in [5.74, 6) is 0. The van der Waals surface area contributed by atoms with Crippen molar-refractivity contribution in [1.82, 2.24) is 0 Å². The molecule has 78 valence electrons. The molecule has 3 heteroatoms. The van der Waals surface area contributed by atoms with Crippen LogP contribution in [0.3, 0.4) is 0 Å². The Balaban J connectivity index is 4.68. The van der Waals surface area contributed by atoms with Gasteiger partial charge in [0.05, 0.1) is 0 Å². The minimum Gasteiger partial charge on any atom is -0.450 e. The Morgan fingerprint density at radius 2 is 1.38 bits per heavy atom. The molecule has 0 saturated heterocycles. The normalized spacial score (nSPS) is 13.2. The van der Waals surface area contributed by atoms with Crippen molar-refractivity contribution in [1.29, 1.82) is 0 Å². The Labute approximate surface area is 80.1 Å². The van der Waals surface area contributed by atoms with Gasteiger partial charge in [-0.3, -0.25) is 0 Å². The molecule has 0 saturated carbocycles. The van der Waals surface area contributed by atoms with Crippen LogP contribution in [0.4, 0.5) is 4.79 Å². The van der Waals surface area contributed by atoms with Crippen LogP contribution < -0.4 is 0 Å². The van der Waals surface area contributed by atoms with Crippen molar-refractivity contribution in [3.05, 3.63) is 0 Å². The lowest BCUT2D eigenvalue weighted by atomic mass is 9.74. The first-order valence-electron chi connectivity index (χ1n) is 4.44. The number of rotatable bonds is 1. The molecule has 0 aliphatic rings. The molecule has 1 N–H and O–H groups in total. The number of hydrogen-bond acceptors (Lipinski definition) is 2. The fourth-order valence-electron chi connectivity index (χ4n) is 1.75. The van der Waals surface area contributed by atoms with Crippen LogP contribution in [-0.4, -0.2) is 17.4 Å². The zero-order valence-electron chi connectivity index (χ0n) is 9.34. The maximum Gasteiger partial charge on any atom is 0.506 e. The highest BCUT2D eigenvalue weighted by atomic mass is 16.7. The van der Waals surface area contributed by atoms with Crippen LogP contribution in [0.25, 0.3) is 0 Å². The summed E-state index contributed by atoms with van der Waals surface area (Å²) < 4.78 is 4.90. The van der Waals surface area contributed by atoms with Gasteiger partial charge in [-0.1, -0.05) is 41.5 Å². The van der Waals surface area contributed by atoms with Crippen molar-refractivity contribution in [2.45, 2.75) is 47.6 Å². The minimum absolute atomic E-state index is 0.170. The van der Waals surface area contributed by atoms with Gasteiger partial charge >= 0.3 is 6.16 Å². The van der Waals surface area contributed by atoms with Crippen LogP contribution in [-0.2, 0) is 4.74 Å². The van der Waals surface area contributed by atoms with Crippen LogP contribution in [0.2, 0.25) is 0 Å². The van der Waals surface area contributed by atoms with Crippen molar-refractivity contribution in [3.63, 3.8) is 0 Å². The van der Waals surface area contributed by atoms with Gasteiger partial charge in [-0.2, -0.15) is 0 Å². The highest BCUT2D eigenvalue weighted by Gasteiger charge is 2.38. The number of hydrogen-bond donors (Lipinski definition) is 1. The smallest absolute Gasteiger partial charge is 0.450 e. The van der Waals surface area contributed by atoms with E-state index in [0.29, 0.717) is 0 Å². The Bertz CT molecular complexity index is 169. The molecule has 0 bridgehead atoms. The third-order valence-corrected chi connectivity index (χ3v) is 1.79. The van der Waals surface area contributed by atoms with Gasteiger partial charge in [0, 0.05) is 0 Å². The second-order valence-corrected chi connectivity index (χ2v) is 5.50. The second-order valence-electron chi connectivity index (χ2n) is 5.50. The molecule has 0 fully saturated rings. The van der Waals surface area contributed by atoms with Crippen molar-refractivity contribution in [3.8, 4) is 0 Å². The Morgan fingerprint density at radius 1 is 1.08 bits per heavy atom. The van der Waals surface area contributed by atoms with Gasteiger partial charge in [-0.15, -0.1) is 0 Å². The van der Waals surface area contributed by atoms with Gasteiger partial charge in [0.15, 0.2) is 0 Å². The molecule has 0 atom stereocenters. The molecule has 0 spiro atoms. The summed E-state index contributed by atoms with van der Waals surface area (Å²) in [4.78, 5) is 10.5. The lowest BCUT2D eigenvalue weighted by molar-refractivity contribution is -0.0562. The van der Waals surface area contributed by atoms with Crippen molar-refractivity contribution in [2.75, 3.05) is 0 Å². The molecule has 0 unspecified atom stereocenters. The summed E-state index contributed by atoms with van der Waals surface area (Å²) in [6.07, 6.45) is -1.49. The largest absolute Gasteiger partial charge is 0.506 e. The van der Waals surface area contributed by atoms with Gasteiger partial charge in [0.2, 0.25) is 0 Å². The molecule has 0 aromatic heterocycles.